The molecule has 0 saturated carbocycles. The third-order valence-electron chi connectivity index (χ3n) is 2.92. The van der Waals surface area contributed by atoms with E-state index in [1.165, 1.54) is 0 Å². The largest absolute Gasteiger partial charge is 0.357 e. The van der Waals surface area contributed by atoms with Crippen molar-refractivity contribution in [1.82, 2.24) is 9.97 Å². The zero-order valence-corrected chi connectivity index (χ0v) is 13.4. The van der Waals surface area contributed by atoms with Gasteiger partial charge in [-0.1, -0.05) is 22.0 Å². The van der Waals surface area contributed by atoms with Gasteiger partial charge < -0.3 is 10.6 Å². The topological polar surface area (TPSA) is 93.0 Å². The zero-order valence-electron chi connectivity index (χ0n) is 11.8. The Morgan fingerprint density at radius 3 is 2.62 bits per heavy atom. The predicted octanol–water partition coefficient (Wildman–Crippen LogP) is 3.55. The number of aryl methyl sites for hydroxylation is 2. The summed E-state index contributed by atoms with van der Waals surface area (Å²) in [6.45, 7) is 3.49. The first-order valence-electron chi connectivity index (χ1n) is 6.16. The molecule has 0 fully saturated rings. The summed E-state index contributed by atoms with van der Waals surface area (Å²) < 4.78 is 0.873. The second-order valence-electron chi connectivity index (χ2n) is 4.42. The first-order valence-corrected chi connectivity index (χ1v) is 6.95. The molecule has 0 radical (unpaired) electrons. The molecule has 1 aromatic carbocycles. The number of nitrogens with zero attached hydrogens (tertiary/aromatic N) is 3. The maximum atomic E-state index is 11.2. The molecule has 0 atom stereocenters. The average molecular weight is 352 g/mol. The number of rotatable bonds is 4. The van der Waals surface area contributed by atoms with Gasteiger partial charge in [0.2, 0.25) is 11.8 Å². The van der Waals surface area contributed by atoms with Crippen LogP contribution in [0.5, 0.6) is 0 Å². The summed E-state index contributed by atoms with van der Waals surface area (Å²) in [6, 6.07) is 5.65. The van der Waals surface area contributed by atoms with Crippen LogP contribution in [0.25, 0.3) is 0 Å². The molecule has 2 aromatic rings. The number of hydrogen-bond acceptors (Lipinski definition) is 6. The van der Waals surface area contributed by atoms with E-state index in [9.17, 15) is 10.1 Å². The van der Waals surface area contributed by atoms with Crippen molar-refractivity contribution in [3.05, 3.63) is 44.0 Å². The fraction of sp³-hybridized carbons (Fsp3) is 0.231. The molecule has 7 nitrogen and oxygen atoms in total. The van der Waals surface area contributed by atoms with Crippen molar-refractivity contribution < 1.29 is 4.92 Å². The van der Waals surface area contributed by atoms with Crippen LogP contribution in [0.4, 0.5) is 23.1 Å². The molecule has 8 heteroatoms. The van der Waals surface area contributed by atoms with E-state index in [2.05, 4.69) is 36.5 Å². The van der Waals surface area contributed by atoms with Crippen molar-refractivity contribution in [2.75, 3.05) is 17.7 Å². The molecule has 0 aliphatic rings. The Kier molecular flexibility index (Phi) is 4.37. The van der Waals surface area contributed by atoms with Gasteiger partial charge >= 0.3 is 5.69 Å². The standard InChI is InChI=1S/C13H14BrN5O2/c1-7-4-5-9(14)6-10(7)17-12-11(19(20)21)8(2)16-13(15-3)18-12/h4-6H,1-3H3,(H2,15,16,17,18). The van der Waals surface area contributed by atoms with Gasteiger partial charge in [-0.3, -0.25) is 10.1 Å². The van der Waals surface area contributed by atoms with E-state index in [0.29, 0.717) is 11.6 Å². The Labute approximate surface area is 130 Å². The third kappa shape index (κ3) is 3.27. The lowest BCUT2D eigenvalue weighted by molar-refractivity contribution is -0.385. The van der Waals surface area contributed by atoms with E-state index in [1.807, 2.05) is 25.1 Å². The fourth-order valence-electron chi connectivity index (χ4n) is 1.84. The van der Waals surface area contributed by atoms with Gasteiger partial charge in [0.15, 0.2) is 0 Å². The minimum Gasteiger partial charge on any atom is -0.357 e. The molecule has 0 aliphatic carbocycles. The Morgan fingerprint density at radius 2 is 2.00 bits per heavy atom. The maximum absolute atomic E-state index is 11.2. The molecule has 0 bridgehead atoms. The third-order valence-corrected chi connectivity index (χ3v) is 3.41. The van der Waals surface area contributed by atoms with Crippen LogP contribution in [-0.4, -0.2) is 21.9 Å². The van der Waals surface area contributed by atoms with Crippen molar-refractivity contribution >= 4 is 39.1 Å². The van der Waals surface area contributed by atoms with Crippen molar-refractivity contribution in [3.63, 3.8) is 0 Å². The average Bonchev–Trinajstić information content (AvgIpc) is 2.41. The first kappa shape index (κ1) is 15.2. The number of nitro groups is 1. The number of hydrogen-bond donors (Lipinski definition) is 2. The lowest BCUT2D eigenvalue weighted by Gasteiger charge is -2.11. The lowest BCUT2D eigenvalue weighted by Crippen LogP contribution is -2.07. The van der Waals surface area contributed by atoms with E-state index >= 15 is 0 Å². The summed E-state index contributed by atoms with van der Waals surface area (Å²) in [5, 5.41) is 17.0. The van der Waals surface area contributed by atoms with Gasteiger partial charge in [0, 0.05) is 17.2 Å². The van der Waals surface area contributed by atoms with Crippen molar-refractivity contribution in [2.45, 2.75) is 13.8 Å². The van der Waals surface area contributed by atoms with Crippen LogP contribution in [0.1, 0.15) is 11.3 Å². The van der Waals surface area contributed by atoms with Gasteiger partial charge in [0.05, 0.1) is 4.92 Å². The summed E-state index contributed by atoms with van der Waals surface area (Å²) in [6.07, 6.45) is 0. The van der Waals surface area contributed by atoms with Gasteiger partial charge in [-0.15, -0.1) is 0 Å². The second-order valence-corrected chi connectivity index (χ2v) is 5.34. The Balaban J connectivity index is 2.54. The van der Waals surface area contributed by atoms with Gasteiger partial charge in [-0.2, -0.15) is 4.98 Å². The SMILES string of the molecule is CNc1nc(C)c([N+](=O)[O-])c(Nc2cc(Br)ccc2C)n1. The fourth-order valence-corrected chi connectivity index (χ4v) is 2.20. The minimum atomic E-state index is -0.482. The zero-order chi connectivity index (χ0) is 15.6. The molecular formula is C13H14BrN5O2. The molecule has 0 aliphatic heterocycles. The summed E-state index contributed by atoms with van der Waals surface area (Å²) >= 11 is 3.38. The van der Waals surface area contributed by atoms with Gasteiger partial charge in [0.1, 0.15) is 5.69 Å². The second kappa shape index (κ2) is 6.04. The first-order chi connectivity index (χ1) is 9.92. The number of aromatic nitrogens is 2. The number of benzene rings is 1. The van der Waals surface area contributed by atoms with E-state index < -0.39 is 4.92 Å². The van der Waals surface area contributed by atoms with Gasteiger partial charge in [-0.25, -0.2) is 4.98 Å². The molecule has 2 N–H and O–H groups in total. The smallest absolute Gasteiger partial charge is 0.332 e. The maximum Gasteiger partial charge on any atom is 0.332 e. The van der Waals surface area contributed by atoms with Crippen LogP contribution in [-0.2, 0) is 0 Å². The molecule has 110 valence electrons. The molecule has 1 heterocycles. The van der Waals surface area contributed by atoms with Crippen LogP contribution in [0, 0.1) is 24.0 Å². The van der Waals surface area contributed by atoms with Gasteiger partial charge in [-0.05, 0) is 31.5 Å². The highest BCUT2D eigenvalue weighted by atomic mass is 79.9. The molecule has 0 unspecified atom stereocenters. The lowest BCUT2D eigenvalue weighted by atomic mass is 10.2. The summed E-state index contributed by atoms with van der Waals surface area (Å²) in [7, 11) is 1.66. The van der Waals surface area contributed by atoms with Crippen molar-refractivity contribution in [3.8, 4) is 0 Å². The normalized spacial score (nSPS) is 10.3. The predicted molar refractivity (Wildman–Crippen MR) is 85.1 cm³/mol. The van der Waals surface area contributed by atoms with Gasteiger partial charge in [0.25, 0.3) is 0 Å². The highest BCUT2D eigenvalue weighted by Gasteiger charge is 2.22. The number of nitrogens with one attached hydrogen (secondary N) is 2. The minimum absolute atomic E-state index is 0.131. The van der Waals surface area contributed by atoms with Crippen molar-refractivity contribution in [1.29, 1.82) is 0 Å². The number of halogens is 1. The van der Waals surface area contributed by atoms with Crippen molar-refractivity contribution in [2.24, 2.45) is 0 Å². The number of anilines is 3. The quantitative estimate of drug-likeness (QED) is 0.646. The van der Waals surface area contributed by atoms with E-state index in [1.54, 1.807) is 14.0 Å². The summed E-state index contributed by atoms with van der Waals surface area (Å²) in [5.41, 5.74) is 1.87. The highest BCUT2D eigenvalue weighted by molar-refractivity contribution is 9.10. The van der Waals surface area contributed by atoms with E-state index in [4.69, 9.17) is 0 Å². The van der Waals surface area contributed by atoms with Crippen LogP contribution in [0.3, 0.4) is 0 Å². The van der Waals surface area contributed by atoms with Crippen LogP contribution >= 0.6 is 15.9 Å². The van der Waals surface area contributed by atoms with E-state index in [0.717, 1.165) is 15.7 Å². The molecule has 0 amide bonds. The summed E-state index contributed by atoms with van der Waals surface area (Å²) in [4.78, 5) is 18.9. The molecule has 21 heavy (non-hydrogen) atoms. The van der Waals surface area contributed by atoms with E-state index in [-0.39, 0.29) is 11.5 Å². The van der Waals surface area contributed by atoms with Crippen LogP contribution in [0.15, 0.2) is 22.7 Å². The molecule has 2 rings (SSSR count). The molecular weight excluding hydrogens is 338 g/mol. The highest BCUT2D eigenvalue weighted by Crippen LogP contribution is 2.31. The monoisotopic (exact) mass is 351 g/mol. The van der Waals surface area contributed by atoms with Crippen LogP contribution in [0.2, 0.25) is 0 Å². The molecule has 1 aromatic heterocycles. The molecule has 0 saturated heterocycles. The summed E-state index contributed by atoms with van der Waals surface area (Å²) in [5.74, 6) is 0.492. The van der Waals surface area contributed by atoms with Crippen LogP contribution < -0.4 is 10.6 Å². The Morgan fingerprint density at radius 1 is 1.29 bits per heavy atom. The Bertz CT molecular complexity index is 705. The Hall–Kier alpha value is -2.22. The molecule has 0 spiro atoms.